The first-order valence-corrected chi connectivity index (χ1v) is 7.07. The van der Waals surface area contributed by atoms with Crippen LogP contribution in [0.25, 0.3) is 0 Å². The van der Waals surface area contributed by atoms with Gasteiger partial charge in [-0.15, -0.1) is 0 Å². The highest BCUT2D eigenvalue weighted by Gasteiger charge is 2.27. The van der Waals surface area contributed by atoms with Gasteiger partial charge in [-0.2, -0.15) is 0 Å². The fraction of sp³-hybridized carbons (Fsp3) is 0.562. The molecule has 1 aromatic carbocycles. The summed E-state index contributed by atoms with van der Waals surface area (Å²) < 4.78 is 5.01. The summed E-state index contributed by atoms with van der Waals surface area (Å²) in [6.45, 7) is 3.48. The van der Waals surface area contributed by atoms with Gasteiger partial charge in [0.25, 0.3) is 0 Å². The quantitative estimate of drug-likeness (QED) is 0.833. The van der Waals surface area contributed by atoms with Gasteiger partial charge in [-0.1, -0.05) is 29.8 Å². The summed E-state index contributed by atoms with van der Waals surface area (Å²) in [7, 11) is 1.64. The Balaban J connectivity index is 2.11. The molecule has 1 atom stereocenters. The van der Waals surface area contributed by atoms with Crippen molar-refractivity contribution in [3.8, 4) is 0 Å². The number of piperidine rings is 1. The molecule has 19 heavy (non-hydrogen) atoms. The highest BCUT2D eigenvalue weighted by molar-refractivity contribution is 5.77. The van der Waals surface area contributed by atoms with Gasteiger partial charge in [-0.3, -0.25) is 4.79 Å². The molecule has 1 fully saturated rings. The Hall–Kier alpha value is -1.35. The van der Waals surface area contributed by atoms with Gasteiger partial charge in [0.15, 0.2) is 0 Å². The Morgan fingerprint density at radius 3 is 2.74 bits per heavy atom. The van der Waals surface area contributed by atoms with Crippen LogP contribution >= 0.6 is 0 Å². The van der Waals surface area contributed by atoms with Gasteiger partial charge >= 0.3 is 0 Å². The average molecular weight is 261 g/mol. The number of carbonyl (C=O) groups excluding carboxylic acids is 1. The normalized spacial score (nSPS) is 19.5. The molecule has 1 aliphatic heterocycles. The molecule has 0 bridgehead atoms. The monoisotopic (exact) mass is 261 g/mol. The Bertz CT molecular complexity index is 413. The number of hydrogen-bond acceptors (Lipinski definition) is 2. The first-order chi connectivity index (χ1) is 9.22. The van der Waals surface area contributed by atoms with E-state index in [1.807, 2.05) is 4.90 Å². The molecule has 0 aromatic heterocycles. The van der Waals surface area contributed by atoms with E-state index in [-0.39, 0.29) is 11.9 Å². The standard InChI is InChI=1S/C16H23NO2/c1-13-6-8-14(9-7-13)15-5-3-4-11-17(15)16(18)10-12-19-2/h6-9,15H,3-5,10-12H2,1-2H3. The van der Waals surface area contributed by atoms with Crippen LogP contribution in [0.2, 0.25) is 0 Å². The van der Waals surface area contributed by atoms with Crippen molar-refractivity contribution in [1.29, 1.82) is 0 Å². The lowest BCUT2D eigenvalue weighted by Crippen LogP contribution is -2.38. The number of nitrogens with zero attached hydrogens (tertiary/aromatic N) is 1. The average Bonchev–Trinajstić information content (AvgIpc) is 2.45. The maximum absolute atomic E-state index is 12.3. The molecule has 3 heteroatoms. The van der Waals surface area contributed by atoms with E-state index in [1.54, 1.807) is 7.11 Å². The third kappa shape index (κ3) is 3.57. The second-order valence-corrected chi connectivity index (χ2v) is 5.25. The number of hydrogen-bond donors (Lipinski definition) is 0. The van der Waals surface area contributed by atoms with E-state index >= 15 is 0 Å². The summed E-state index contributed by atoms with van der Waals surface area (Å²) in [5.41, 5.74) is 2.52. The van der Waals surface area contributed by atoms with Crippen molar-refractivity contribution in [3.05, 3.63) is 35.4 Å². The second kappa shape index (κ2) is 6.71. The number of benzene rings is 1. The van der Waals surface area contributed by atoms with E-state index in [2.05, 4.69) is 31.2 Å². The van der Waals surface area contributed by atoms with E-state index in [1.165, 1.54) is 17.5 Å². The summed E-state index contributed by atoms with van der Waals surface area (Å²) in [6, 6.07) is 8.81. The van der Waals surface area contributed by atoms with Crippen LogP contribution in [0.1, 0.15) is 42.9 Å². The lowest BCUT2D eigenvalue weighted by atomic mass is 9.94. The molecule has 0 N–H and O–H groups in total. The predicted molar refractivity (Wildman–Crippen MR) is 76.0 cm³/mol. The molecule has 104 valence electrons. The van der Waals surface area contributed by atoms with E-state index in [4.69, 9.17) is 4.74 Å². The number of carbonyl (C=O) groups is 1. The second-order valence-electron chi connectivity index (χ2n) is 5.25. The zero-order valence-electron chi connectivity index (χ0n) is 11.9. The van der Waals surface area contributed by atoms with Gasteiger partial charge in [-0.05, 0) is 31.7 Å². The minimum Gasteiger partial charge on any atom is -0.384 e. The Kier molecular flexibility index (Phi) is 4.97. The summed E-state index contributed by atoms with van der Waals surface area (Å²) >= 11 is 0. The number of methoxy groups -OCH3 is 1. The van der Waals surface area contributed by atoms with E-state index < -0.39 is 0 Å². The number of rotatable bonds is 4. The van der Waals surface area contributed by atoms with Crippen molar-refractivity contribution in [2.45, 2.75) is 38.6 Å². The van der Waals surface area contributed by atoms with Crippen LogP contribution in [0.15, 0.2) is 24.3 Å². The number of likely N-dealkylation sites (tertiary alicyclic amines) is 1. The smallest absolute Gasteiger partial charge is 0.225 e. The predicted octanol–water partition coefficient (Wildman–Crippen LogP) is 3.09. The van der Waals surface area contributed by atoms with E-state index in [0.29, 0.717) is 13.0 Å². The molecule has 0 spiro atoms. The van der Waals surface area contributed by atoms with E-state index in [9.17, 15) is 4.79 Å². The maximum Gasteiger partial charge on any atom is 0.225 e. The van der Waals surface area contributed by atoms with Crippen LogP contribution in [0.5, 0.6) is 0 Å². The number of ether oxygens (including phenoxy) is 1. The van der Waals surface area contributed by atoms with Crippen molar-refractivity contribution in [3.63, 3.8) is 0 Å². The van der Waals surface area contributed by atoms with Crippen molar-refractivity contribution >= 4 is 5.91 Å². The molecule has 2 rings (SSSR count). The molecule has 1 amide bonds. The Morgan fingerprint density at radius 2 is 2.05 bits per heavy atom. The van der Waals surface area contributed by atoms with Gasteiger partial charge in [0, 0.05) is 13.7 Å². The molecule has 1 heterocycles. The summed E-state index contributed by atoms with van der Waals surface area (Å²) in [6.07, 6.45) is 3.87. The molecule has 1 unspecified atom stereocenters. The first-order valence-electron chi connectivity index (χ1n) is 7.07. The molecule has 0 aliphatic carbocycles. The van der Waals surface area contributed by atoms with Crippen molar-refractivity contribution in [2.24, 2.45) is 0 Å². The maximum atomic E-state index is 12.3. The minimum atomic E-state index is 0.215. The van der Waals surface area contributed by atoms with Gasteiger partial charge in [0.05, 0.1) is 19.1 Å². The van der Waals surface area contributed by atoms with Crippen LogP contribution < -0.4 is 0 Å². The summed E-state index contributed by atoms with van der Waals surface area (Å²) in [5, 5.41) is 0. The van der Waals surface area contributed by atoms with Gasteiger partial charge in [-0.25, -0.2) is 0 Å². The van der Waals surface area contributed by atoms with Crippen LogP contribution in [0.4, 0.5) is 0 Å². The van der Waals surface area contributed by atoms with Crippen LogP contribution in [0.3, 0.4) is 0 Å². The molecule has 1 aliphatic rings. The third-order valence-corrected chi connectivity index (χ3v) is 3.81. The number of aryl methyl sites for hydroxylation is 1. The minimum absolute atomic E-state index is 0.215. The Morgan fingerprint density at radius 1 is 1.32 bits per heavy atom. The number of amides is 1. The van der Waals surface area contributed by atoms with Crippen LogP contribution in [0, 0.1) is 6.92 Å². The lowest BCUT2D eigenvalue weighted by Gasteiger charge is -2.36. The van der Waals surface area contributed by atoms with Crippen LogP contribution in [-0.2, 0) is 9.53 Å². The van der Waals surface area contributed by atoms with Crippen molar-refractivity contribution in [1.82, 2.24) is 4.90 Å². The summed E-state index contributed by atoms with van der Waals surface area (Å²) in [5.74, 6) is 0.215. The zero-order valence-corrected chi connectivity index (χ0v) is 11.9. The largest absolute Gasteiger partial charge is 0.384 e. The van der Waals surface area contributed by atoms with Gasteiger partial charge in [0.2, 0.25) is 5.91 Å². The fourth-order valence-corrected chi connectivity index (χ4v) is 2.70. The highest BCUT2D eigenvalue weighted by atomic mass is 16.5. The third-order valence-electron chi connectivity index (χ3n) is 3.81. The molecule has 1 saturated heterocycles. The van der Waals surface area contributed by atoms with E-state index in [0.717, 1.165) is 19.4 Å². The molecular formula is C16H23NO2. The fourth-order valence-electron chi connectivity index (χ4n) is 2.70. The molecule has 1 aromatic rings. The molecule has 0 radical (unpaired) electrons. The van der Waals surface area contributed by atoms with Gasteiger partial charge < -0.3 is 9.64 Å². The zero-order chi connectivity index (χ0) is 13.7. The Labute approximate surface area is 115 Å². The molecule has 3 nitrogen and oxygen atoms in total. The summed E-state index contributed by atoms with van der Waals surface area (Å²) in [4.78, 5) is 14.3. The van der Waals surface area contributed by atoms with Crippen molar-refractivity contribution in [2.75, 3.05) is 20.3 Å². The first kappa shape index (κ1) is 14.1. The molecular weight excluding hydrogens is 238 g/mol. The van der Waals surface area contributed by atoms with Crippen LogP contribution in [-0.4, -0.2) is 31.1 Å². The topological polar surface area (TPSA) is 29.5 Å². The SMILES string of the molecule is COCCC(=O)N1CCCCC1c1ccc(C)cc1. The lowest BCUT2D eigenvalue weighted by molar-refractivity contribution is -0.136. The highest BCUT2D eigenvalue weighted by Crippen LogP contribution is 2.31. The molecule has 0 saturated carbocycles. The van der Waals surface area contributed by atoms with Gasteiger partial charge in [0.1, 0.15) is 0 Å². The van der Waals surface area contributed by atoms with Crippen molar-refractivity contribution < 1.29 is 9.53 Å².